The first-order valence-corrected chi connectivity index (χ1v) is 11.6. The number of ether oxygens (including phenoxy) is 1. The molecule has 2 aromatic carbocycles. The average molecular weight is 412 g/mol. The van der Waals surface area contributed by atoms with Gasteiger partial charge in [0.25, 0.3) is 0 Å². The van der Waals surface area contributed by atoms with Crippen molar-refractivity contribution in [2.24, 2.45) is 5.92 Å². The van der Waals surface area contributed by atoms with E-state index >= 15 is 0 Å². The van der Waals surface area contributed by atoms with E-state index in [2.05, 4.69) is 6.07 Å². The van der Waals surface area contributed by atoms with E-state index < -0.39 is 9.84 Å². The number of carbonyl (C=O) groups is 1. The number of hydrogen-bond acceptors (Lipinski definition) is 5. The SMILES string of the molecule is N#Cc1ccc(CCCC[C@@H]2C[C@H](CS(=O)(=O)c3ccccc3)CC(=O)O2)cc1. The summed E-state index contributed by atoms with van der Waals surface area (Å²) in [6.45, 7) is 0. The monoisotopic (exact) mass is 411 g/mol. The van der Waals surface area contributed by atoms with Gasteiger partial charge in [-0.1, -0.05) is 30.3 Å². The van der Waals surface area contributed by atoms with E-state index in [1.54, 1.807) is 30.3 Å². The summed E-state index contributed by atoms with van der Waals surface area (Å²) in [6, 6.07) is 18.0. The predicted octanol–water partition coefficient (Wildman–Crippen LogP) is 4.07. The van der Waals surface area contributed by atoms with Crippen molar-refractivity contribution in [2.45, 2.75) is 49.5 Å². The van der Waals surface area contributed by atoms with Gasteiger partial charge in [-0.15, -0.1) is 0 Å². The lowest BCUT2D eigenvalue weighted by molar-refractivity contribution is -0.156. The summed E-state index contributed by atoms with van der Waals surface area (Å²) in [7, 11) is -3.40. The predicted molar refractivity (Wildman–Crippen MR) is 110 cm³/mol. The van der Waals surface area contributed by atoms with Gasteiger partial charge >= 0.3 is 5.97 Å². The smallest absolute Gasteiger partial charge is 0.306 e. The zero-order valence-electron chi connectivity index (χ0n) is 16.3. The molecule has 6 heteroatoms. The topological polar surface area (TPSA) is 84.2 Å². The summed E-state index contributed by atoms with van der Waals surface area (Å²) in [4.78, 5) is 12.3. The molecule has 0 aliphatic carbocycles. The van der Waals surface area contributed by atoms with Crippen LogP contribution in [0.1, 0.15) is 43.2 Å². The Kier molecular flexibility index (Phi) is 7.05. The molecule has 2 atom stereocenters. The maximum atomic E-state index is 12.6. The molecule has 1 aliphatic heterocycles. The van der Waals surface area contributed by atoms with E-state index in [4.69, 9.17) is 10.00 Å². The molecule has 3 rings (SSSR count). The molecular formula is C23H25NO4S. The fraction of sp³-hybridized carbons (Fsp3) is 0.391. The van der Waals surface area contributed by atoms with E-state index in [9.17, 15) is 13.2 Å². The third-order valence-electron chi connectivity index (χ3n) is 5.23. The van der Waals surface area contributed by atoms with Crippen molar-refractivity contribution in [3.63, 3.8) is 0 Å². The Bertz CT molecular complexity index is 962. The summed E-state index contributed by atoms with van der Waals surface area (Å²) in [5.74, 6) is -0.528. The van der Waals surface area contributed by atoms with Gasteiger partial charge in [-0.3, -0.25) is 4.79 Å². The highest BCUT2D eigenvalue weighted by atomic mass is 32.2. The molecular weight excluding hydrogens is 386 g/mol. The first kappa shape index (κ1) is 21.1. The molecule has 0 radical (unpaired) electrons. The van der Waals surface area contributed by atoms with Crippen LogP contribution in [-0.4, -0.2) is 26.2 Å². The van der Waals surface area contributed by atoms with Gasteiger partial charge in [-0.05, 0) is 67.9 Å². The van der Waals surface area contributed by atoms with Gasteiger partial charge in [-0.2, -0.15) is 5.26 Å². The summed E-state index contributed by atoms with van der Waals surface area (Å²) >= 11 is 0. The second kappa shape index (κ2) is 9.71. The summed E-state index contributed by atoms with van der Waals surface area (Å²) < 4.78 is 30.7. The van der Waals surface area contributed by atoms with E-state index in [1.165, 1.54) is 5.56 Å². The van der Waals surface area contributed by atoms with Gasteiger partial charge in [0.2, 0.25) is 0 Å². The molecule has 0 amide bonds. The molecule has 0 N–H and O–H groups in total. The molecule has 1 aliphatic rings. The van der Waals surface area contributed by atoms with Crippen molar-refractivity contribution in [1.82, 2.24) is 0 Å². The van der Waals surface area contributed by atoms with E-state index in [0.29, 0.717) is 16.9 Å². The fourth-order valence-electron chi connectivity index (χ4n) is 3.76. The first-order chi connectivity index (χ1) is 14.0. The minimum Gasteiger partial charge on any atom is -0.462 e. The van der Waals surface area contributed by atoms with Crippen molar-refractivity contribution in [3.05, 3.63) is 65.7 Å². The van der Waals surface area contributed by atoms with Crippen LogP contribution >= 0.6 is 0 Å². The standard InChI is InChI=1S/C23H25NO4S/c24-16-19-12-10-18(11-13-19)6-4-5-7-21-14-20(15-23(25)28-21)17-29(26,27)22-8-2-1-3-9-22/h1-3,8-13,20-21H,4-7,14-15,17H2/t20-,21+/m0/s1. The molecule has 0 aromatic heterocycles. The lowest BCUT2D eigenvalue weighted by atomic mass is 9.93. The molecule has 5 nitrogen and oxygen atoms in total. The number of nitriles is 1. The van der Waals surface area contributed by atoms with Crippen LogP contribution in [0.4, 0.5) is 0 Å². The molecule has 29 heavy (non-hydrogen) atoms. The molecule has 0 unspecified atom stereocenters. The maximum Gasteiger partial charge on any atom is 0.306 e. The van der Waals surface area contributed by atoms with Crippen LogP contribution < -0.4 is 0 Å². The molecule has 152 valence electrons. The Morgan fingerprint density at radius 3 is 2.45 bits per heavy atom. The highest BCUT2D eigenvalue weighted by Gasteiger charge is 2.32. The first-order valence-electron chi connectivity index (χ1n) is 9.92. The van der Waals surface area contributed by atoms with Crippen LogP contribution in [0.25, 0.3) is 0 Å². The summed E-state index contributed by atoms with van der Waals surface area (Å²) in [6.07, 6.45) is 4.03. The number of nitrogens with zero attached hydrogens (tertiary/aromatic N) is 1. The van der Waals surface area contributed by atoms with E-state index in [-0.39, 0.29) is 30.2 Å². The van der Waals surface area contributed by atoms with Gasteiger partial charge in [0.15, 0.2) is 9.84 Å². The molecule has 0 spiro atoms. The van der Waals surface area contributed by atoms with Crippen molar-refractivity contribution in [2.75, 3.05) is 5.75 Å². The highest BCUT2D eigenvalue weighted by molar-refractivity contribution is 7.91. The summed E-state index contributed by atoms with van der Waals surface area (Å²) in [5.41, 5.74) is 1.83. The minimum absolute atomic E-state index is 0.0200. The Balaban J connectivity index is 1.48. The Morgan fingerprint density at radius 1 is 1.03 bits per heavy atom. The van der Waals surface area contributed by atoms with Crippen LogP contribution in [0.15, 0.2) is 59.5 Å². The number of cyclic esters (lactones) is 1. The molecule has 0 bridgehead atoms. The number of aryl methyl sites for hydroxylation is 1. The zero-order valence-corrected chi connectivity index (χ0v) is 17.1. The van der Waals surface area contributed by atoms with Gasteiger partial charge in [0, 0.05) is 6.42 Å². The van der Waals surface area contributed by atoms with Gasteiger partial charge in [0.1, 0.15) is 6.10 Å². The highest BCUT2D eigenvalue weighted by Crippen LogP contribution is 2.28. The van der Waals surface area contributed by atoms with Gasteiger partial charge in [0.05, 0.1) is 22.3 Å². The van der Waals surface area contributed by atoms with Crippen molar-refractivity contribution in [3.8, 4) is 6.07 Å². The average Bonchev–Trinajstić information content (AvgIpc) is 2.71. The van der Waals surface area contributed by atoms with E-state index in [0.717, 1.165) is 25.7 Å². The van der Waals surface area contributed by atoms with Crippen molar-refractivity contribution >= 4 is 15.8 Å². The maximum absolute atomic E-state index is 12.6. The third-order valence-corrected chi connectivity index (χ3v) is 7.13. The minimum atomic E-state index is -3.40. The number of rotatable bonds is 8. The molecule has 0 saturated carbocycles. The van der Waals surface area contributed by atoms with Gasteiger partial charge in [-0.25, -0.2) is 8.42 Å². The second-order valence-electron chi connectivity index (χ2n) is 7.57. The summed E-state index contributed by atoms with van der Waals surface area (Å²) in [5, 5.41) is 8.84. The van der Waals surface area contributed by atoms with Crippen molar-refractivity contribution < 1.29 is 17.9 Å². The van der Waals surface area contributed by atoms with Crippen LogP contribution in [0.2, 0.25) is 0 Å². The number of sulfone groups is 1. The Hall–Kier alpha value is -2.65. The number of carbonyl (C=O) groups excluding carboxylic acids is 1. The van der Waals surface area contributed by atoms with Crippen molar-refractivity contribution in [1.29, 1.82) is 5.26 Å². The van der Waals surface area contributed by atoms with Crippen LogP contribution in [0, 0.1) is 17.2 Å². The van der Waals surface area contributed by atoms with E-state index in [1.807, 2.05) is 24.3 Å². The van der Waals surface area contributed by atoms with Crippen LogP contribution in [0.5, 0.6) is 0 Å². The molecule has 1 heterocycles. The van der Waals surface area contributed by atoms with Gasteiger partial charge < -0.3 is 4.74 Å². The lowest BCUT2D eigenvalue weighted by Gasteiger charge is -2.28. The second-order valence-corrected chi connectivity index (χ2v) is 9.60. The number of esters is 1. The molecule has 1 fully saturated rings. The number of unbranched alkanes of at least 4 members (excludes halogenated alkanes) is 1. The molecule has 2 aromatic rings. The lowest BCUT2D eigenvalue weighted by Crippen LogP contribution is -2.33. The largest absolute Gasteiger partial charge is 0.462 e. The quantitative estimate of drug-likeness (QED) is 0.483. The normalized spacial score (nSPS) is 19.3. The third kappa shape index (κ3) is 6.16. The van der Waals surface area contributed by atoms with Crippen LogP contribution in [0.3, 0.4) is 0 Å². The number of hydrogen-bond donors (Lipinski definition) is 0. The fourth-order valence-corrected chi connectivity index (χ4v) is 5.40. The zero-order chi connectivity index (χ0) is 20.7. The Morgan fingerprint density at radius 2 is 1.76 bits per heavy atom. The molecule has 1 saturated heterocycles. The number of benzene rings is 2. The Labute approximate surface area is 172 Å². The van der Waals surface area contributed by atoms with Crippen LogP contribution in [-0.2, 0) is 25.8 Å².